The predicted molar refractivity (Wildman–Crippen MR) is 67.5 cm³/mol. The first-order valence-corrected chi connectivity index (χ1v) is 6.68. The summed E-state index contributed by atoms with van der Waals surface area (Å²) in [5.41, 5.74) is 7.82. The van der Waals surface area contributed by atoms with Gasteiger partial charge < -0.3 is 5.73 Å². The molecule has 2 aromatic heterocycles. The molecule has 3 heterocycles. The maximum Gasteiger partial charge on any atom is 0.202 e. The van der Waals surface area contributed by atoms with Crippen LogP contribution in [0, 0.1) is 0 Å². The van der Waals surface area contributed by atoms with E-state index in [0.29, 0.717) is 12.0 Å². The summed E-state index contributed by atoms with van der Waals surface area (Å²) >= 11 is 2.01. The lowest BCUT2D eigenvalue weighted by molar-refractivity contribution is 0.484. The highest BCUT2D eigenvalue weighted by Crippen LogP contribution is 2.31. The van der Waals surface area contributed by atoms with Crippen molar-refractivity contribution in [3.05, 3.63) is 18.3 Å². The zero-order valence-corrected chi connectivity index (χ0v) is 9.78. The van der Waals surface area contributed by atoms with Gasteiger partial charge in [0.15, 0.2) is 5.65 Å². The van der Waals surface area contributed by atoms with Crippen molar-refractivity contribution in [1.82, 2.24) is 14.5 Å². The summed E-state index contributed by atoms with van der Waals surface area (Å²) < 4.78 is 2.11. The summed E-state index contributed by atoms with van der Waals surface area (Å²) in [5, 5.41) is 0. The lowest BCUT2D eigenvalue weighted by Gasteiger charge is -2.23. The zero-order chi connectivity index (χ0) is 11.0. The molecule has 4 nitrogen and oxygen atoms in total. The van der Waals surface area contributed by atoms with Gasteiger partial charge in [-0.2, -0.15) is 11.8 Å². The fourth-order valence-corrected chi connectivity index (χ4v) is 3.33. The van der Waals surface area contributed by atoms with E-state index in [4.69, 9.17) is 5.73 Å². The number of fused-ring (bicyclic) bond motifs is 1. The number of nitrogens with two attached hydrogens (primary N) is 1. The molecule has 0 spiro atoms. The standard InChI is InChI=1S/C11H14N4S/c12-11-14-9-2-1-5-13-10(9)15(11)8-3-6-16-7-4-8/h1-2,5,8H,3-4,6-7H2,(H2,12,14). The third-order valence-electron chi connectivity index (χ3n) is 3.03. The second-order valence-electron chi connectivity index (χ2n) is 4.03. The smallest absolute Gasteiger partial charge is 0.202 e. The van der Waals surface area contributed by atoms with E-state index in [1.54, 1.807) is 6.20 Å². The molecule has 84 valence electrons. The van der Waals surface area contributed by atoms with Crippen LogP contribution in [-0.4, -0.2) is 26.0 Å². The Morgan fingerprint density at radius 3 is 3.00 bits per heavy atom. The molecule has 5 heteroatoms. The number of thioether (sulfide) groups is 1. The first kappa shape index (κ1) is 9.96. The van der Waals surface area contributed by atoms with Crippen LogP contribution in [-0.2, 0) is 0 Å². The topological polar surface area (TPSA) is 56.7 Å². The molecule has 0 atom stereocenters. The average molecular weight is 234 g/mol. The van der Waals surface area contributed by atoms with E-state index in [1.165, 1.54) is 11.5 Å². The second kappa shape index (κ2) is 3.97. The lowest BCUT2D eigenvalue weighted by atomic mass is 10.1. The quantitative estimate of drug-likeness (QED) is 0.820. The Morgan fingerprint density at radius 2 is 2.19 bits per heavy atom. The minimum absolute atomic E-state index is 0.473. The van der Waals surface area contributed by atoms with E-state index in [-0.39, 0.29) is 0 Å². The molecule has 0 aromatic carbocycles. The van der Waals surface area contributed by atoms with Crippen LogP contribution in [0.3, 0.4) is 0 Å². The minimum atomic E-state index is 0.473. The summed E-state index contributed by atoms with van der Waals surface area (Å²) in [4.78, 5) is 8.75. The molecule has 3 rings (SSSR count). The van der Waals surface area contributed by atoms with E-state index in [9.17, 15) is 0 Å². The van der Waals surface area contributed by atoms with Gasteiger partial charge in [-0.25, -0.2) is 9.97 Å². The first-order chi connectivity index (χ1) is 7.86. The molecule has 1 aliphatic heterocycles. The fraction of sp³-hybridized carbons (Fsp3) is 0.455. The van der Waals surface area contributed by atoms with Gasteiger partial charge in [0.25, 0.3) is 0 Å². The molecule has 0 radical (unpaired) electrons. The Bertz CT molecular complexity index is 502. The molecule has 0 aliphatic carbocycles. The van der Waals surface area contributed by atoms with Crippen LogP contribution in [0.15, 0.2) is 18.3 Å². The Balaban J connectivity index is 2.10. The molecular formula is C11H14N4S. The van der Waals surface area contributed by atoms with Crippen molar-refractivity contribution in [2.45, 2.75) is 18.9 Å². The van der Waals surface area contributed by atoms with Gasteiger partial charge in [0.05, 0.1) is 0 Å². The van der Waals surface area contributed by atoms with Crippen molar-refractivity contribution in [3.8, 4) is 0 Å². The second-order valence-corrected chi connectivity index (χ2v) is 5.25. The van der Waals surface area contributed by atoms with Crippen molar-refractivity contribution in [2.75, 3.05) is 17.2 Å². The van der Waals surface area contributed by atoms with Gasteiger partial charge in [-0.15, -0.1) is 0 Å². The number of aromatic nitrogens is 3. The SMILES string of the molecule is Nc1nc2cccnc2n1C1CCSCC1. The highest BCUT2D eigenvalue weighted by atomic mass is 32.2. The van der Waals surface area contributed by atoms with Gasteiger partial charge in [-0.3, -0.25) is 4.57 Å². The monoisotopic (exact) mass is 234 g/mol. The molecular weight excluding hydrogens is 220 g/mol. The molecule has 0 unspecified atom stereocenters. The lowest BCUT2D eigenvalue weighted by Crippen LogP contribution is -2.17. The predicted octanol–water partition coefficient (Wildman–Crippen LogP) is 2.08. The molecule has 0 amide bonds. The van der Waals surface area contributed by atoms with Crippen molar-refractivity contribution in [2.24, 2.45) is 0 Å². The number of hydrogen-bond donors (Lipinski definition) is 1. The number of hydrogen-bond acceptors (Lipinski definition) is 4. The fourth-order valence-electron chi connectivity index (χ4n) is 2.25. The van der Waals surface area contributed by atoms with Crippen LogP contribution in [0.5, 0.6) is 0 Å². The Morgan fingerprint density at radius 1 is 1.38 bits per heavy atom. The summed E-state index contributed by atoms with van der Waals surface area (Å²) in [7, 11) is 0. The molecule has 2 N–H and O–H groups in total. The third kappa shape index (κ3) is 1.55. The highest BCUT2D eigenvalue weighted by molar-refractivity contribution is 7.99. The summed E-state index contributed by atoms with van der Waals surface area (Å²) in [6, 6.07) is 4.34. The molecule has 2 aromatic rings. The number of pyridine rings is 1. The average Bonchev–Trinajstić information content (AvgIpc) is 2.66. The van der Waals surface area contributed by atoms with Crippen LogP contribution in [0.4, 0.5) is 5.95 Å². The molecule has 0 saturated carbocycles. The van der Waals surface area contributed by atoms with Crippen LogP contribution in [0.1, 0.15) is 18.9 Å². The normalized spacial score (nSPS) is 18.0. The van der Waals surface area contributed by atoms with Crippen LogP contribution >= 0.6 is 11.8 Å². The van der Waals surface area contributed by atoms with Crippen LogP contribution in [0.2, 0.25) is 0 Å². The van der Waals surface area contributed by atoms with Crippen molar-refractivity contribution in [1.29, 1.82) is 0 Å². The number of rotatable bonds is 1. The van der Waals surface area contributed by atoms with Gasteiger partial charge in [0.1, 0.15) is 5.52 Å². The molecule has 1 fully saturated rings. The van der Waals surface area contributed by atoms with Crippen molar-refractivity contribution < 1.29 is 0 Å². The Kier molecular flexibility index (Phi) is 2.47. The summed E-state index contributed by atoms with van der Waals surface area (Å²) in [6.07, 6.45) is 4.13. The molecule has 1 saturated heterocycles. The van der Waals surface area contributed by atoms with E-state index < -0.39 is 0 Å². The van der Waals surface area contributed by atoms with Gasteiger partial charge in [-0.1, -0.05) is 0 Å². The van der Waals surface area contributed by atoms with E-state index in [0.717, 1.165) is 24.0 Å². The Hall–Kier alpha value is -1.23. The highest BCUT2D eigenvalue weighted by Gasteiger charge is 2.20. The van der Waals surface area contributed by atoms with Gasteiger partial charge in [0, 0.05) is 12.2 Å². The largest absolute Gasteiger partial charge is 0.369 e. The van der Waals surface area contributed by atoms with Crippen molar-refractivity contribution in [3.63, 3.8) is 0 Å². The van der Waals surface area contributed by atoms with E-state index >= 15 is 0 Å². The minimum Gasteiger partial charge on any atom is -0.369 e. The molecule has 0 bridgehead atoms. The maximum atomic E-state index is 5.99. The number of imidazole rings is 1. The number of nitrogens with zero attached hydrogens (tertiary/aromatic N) is 3. The van der Waals surface area contributed by atoms with Gasteiger partial charge in [0.2, 0.25) is 5.95 Å². The first-order valence-electron chi connectivity index (χ1n) is 5.52. The van der Waals surface area contributed by atoms with Crippen molar-refractivity contribution >= 4 is 28.9 Å². The third-order valence-corrected chi connectivity index (χ3v) is 4.08. The van der Waals surface area contributed by atoms with E-state index in [2.05, 4.69) is 14.5 Å². The van der Waals surface area contributed by atoms with E-state index in [1.807, 2.05) is 23.9 Å². The Labute approximate surface area is 98.3 Å². The zero-order valence-electron chi connectivity index (χ0n) is 8.97. The van der Waals surface area contributed by atoms with Gasteiger partial charge in [-0.05, 0) is 36.5 Å². The van der Waals surface area contributed by atoms with Crippen LogP contribution < -0.4 is 5.73 Å². The van der Waals surface area contributed by atoms with Gasteiger partial charge >= 0.3 is 0 Å². The summed E-state index contributed by atoms with van der Waals surface area (Å²) in [5.74, 6) is 3.01. The van der Waals surface area contributed by atoms with Crippen LogP contribution in [0.25, 0.3) is 11.2 Å². The molecule has 1 aliphatic rings. The number of nitrogen functional groups attached to an aromatic ring is 1. The maximum absolute atomic E-state index is 5.99. The number of anilines is 1. The molecule has 16 heavy (non-hydrogen) atoms. The summed E-state index contributed by atoms with van der Waals surface area (Å²) in [6.45, 7) is 0.